The number of hydrogen-bond acceptors (Lipinski definition) is 7. The highest BCUT2D eigenvalue weighted by Gasteiger charge is 2.40. The average molecular weight is 463 g/mol. The first-order valence-electron chi connectivity index (χ1n) is 11.5. The van der Waals surface area contributed by atoms with Gasteiger partial charge in [-0.25, -0.2) is 14.2 Å². The summed E-state index contributed by atoms with van der Waals surface area (Å²) in [5.74, 6) is -1.09. The summed E-state index contributed by atoms with van der Waals surface area (Å²) in [5.41, 5.74) is 5.36. The fourth-order valence-electron chi connectivity index (χ4n) is 6.18. The van der Waals surface area contributed by atoms with E-state index in [0.29, 0.717) is 42.1 Å². The molecule has 1 aromatic carbocycles. The lowest BCUT2D eigenvalue weighted by molar-refractivity contribution is -0.157. The molecule has 3 aromatic rings. The second-order valence-electron chi connectivity index (χ2n) is 9.74. The highest BCUT2D eigenvalue weighted by Crippen LogP contribution is 2.47. The van der Waals surface area contributed by atoms with Crippen LogP contribution in [0.25, 0.3) is 22.3 Å². The fourth-order valence-corrected chi connectivity index (χ4v) is 6.18. The van der Waals surface area contributed by atoms with Crippen LogP contribution in [0.4, 0.5) is 4.39 Å². The third kappa shape index (κ3) is 2.49. The van der Waals surface area contributed by atoms with Gasteiger partial charge in [-0.2, -0.15) is 0 Å². The summed E-state index contributed by atoms with van der Waals surface area (Å²) in [6.45, 7) is 3.07. The van der Waals surface area contributed by atoms with Crippen molar-refractivity contribution in [2.75, 3.05) is 13.1 Å². The number of pyridine rings is 2. The van der Waals surface area contributed by atoms with Crippen LogP contribution in [0.5, 0.6) is 0 Å². The van der Waals surface area contributed by atoms with Crippen LogP contribution in [0.1, 0.15) is 51.9 Å². The van der Waals surface area contributed by atoms with Gasteiger partial charge in [0.15, 0.2) is 6.10 Å². The van der Waals surface area contributed by atoms with Crippen LogP contribution >= 0.6 is 0 Å². The number of likely N-dealkylation sites (tertiary alicyclic amines) is 1. The molecule has 0 spiro atoms. The molecule has 1 fully saturated rings. The van der Waals surface area contributed by atoms with Gasteiger partial charge in [-0.15, -0.1) is 0 Å². The van der Waals surface area contributed by atoms with Crippen molar-refractivity contribution < 1.29 is 24.1 Å². The van der Waals surface area contributed by atoms with E-state index in [1.54, 1.807) is 17.6 Å². The first-order valence-corrected chi connectivity index (χ1v) is 11.5. The van der Waals surface area contributed by atoms with Gasteiger partial charge < -0.3 is 19.5 Å². The van der Waals surface area contributed by atoms with E-state index < -0.39 is 12.1 Å². The van der Waals surface area contributed by atoms with Crippen molar-refractivity contribution in [2.45, 2.75) is 51.2 Å². The molecule has 5 heterocycles. The number of aliphatic hydroxyl groups excluding tert-OH is 2. The molecular weight excluding hydrogens is 441 g/mol. The lowest BCUT2D eigenvalue weighted by Crippen LogP contribution is -2.52. The van der Waals surface area contributed by atoms with Gasteiger partial charge in [0.05, 0.1) is 35.1 Å². The van der Waals surface area contributed by atoms with Gasteiger partial charge in [-0.05, 0) is 42.5 Å². The number of esters is 1. The molecule has 174 valence electrons. The molecule has 0 bridgehead atoms. The third-order valence-corrected chi connectivity index (χ3v) is 7.95. The Morgan fingerprint density at radius 3 is 2.71 bits per heavy atom. The third-order valence-electron chi connectivity index (χ3n) is 7.95. The van der Waals surface area contributed by atoms with E-state index >= 15 is 0 Å². The van der Waals surface area contributed by atoms with E-state index in [1.807, 2.05) is 0 Å². The van der Waals surface area contributed by atoms with Crippen molar-refractivity contribution in [1.29, 1.82) is 0 Å². The van der Waals surface area contributed by atoms with Gasteiger partial charge in [-0.1, -0.05) is 0 Å². The predicted octanol–water partition coefficient (Wildman–Crippen LogP) is 1.63. The Hall–Kier alpha value is -3.14. The number of halogens is 1. The van der Waals surface area contributed by atoms with E-state index in [2.05, 4.69) is 4.90 Å². The maximum absolute atomic E-state index is 14.8. The summed E-state index contributed by atoms with van der Waals surface area (Å²) in [6.07, 6.45) is -0.365. The molecule has 0 radical (unpaired) electrons. The maximum atomic E-state index is 14.8. The normalized spacial score (nSPS) is 23.4. The van der Waals surface area contributed by atoms with Crippen LogP contribution < -0.4 is 5.56 Å². The van der Waals surface area contributed by atoms with Gasteiger partial charge >= 0.3 is 5.97 Å². The number of β-amino-alcohol motifs (C(OH)–C–C–N with tert-alkyl or cyclic N) is 1. The Balaban J connectivity index is 1.52. The summed E-state index contributed by atoms with van der Waals surface area (Å²) in [5, 5.41) is 21.3. The molecule has 3 aliphatic heterocycles. The molecule has 9 heteroatoms. The Morgan fingerprint density at radius 2 is 1.94 bits per heavy atom. The molecular formula is C25H22FN3O5. The molecule has 1 saturated heterocycles. The number of cyclic esters (lactones) is 1. The predicted molar refractivity (Wildman–Crippen MR) is 119 cm³/mol. The number of aliphatic hydroxyl groups is 2. The smallest absolute Gasteiger partial charge is 0.340 e. The van der Waals surface area contributed by atoms with E-state index in [4.69, 9.17) is 9.72 Å². The molecule has 4 aliphatic rings. The van der Waals surface area contributed by atoms with Gasteiger partial charge in [0.1, 0.15) is 12.4 Å². The summed E-state index contributed by atoms with van der Waals surface area (Å²) >= 11 is 0. The maximum Gasteiger partial charge on any atom is 0.340 e. The zero-order valence-corrected chi connectivity index (χ0v) is 18.5. The Bertz CT molecular complexity index is 1510. The standard InChI is InChI=1S/C25H22FN3O5/c1-10-12-2-3-18(28-6-11(30)7-28)21-14-8-29-19(22(14)27-17(20(12)21)5-16(10)26)4-13-15(24(29)32)9-34-25(33)23(13)31/h4-5,11,18,23,30-31H,2-3,6-9H2,1H3. The molecule has 8 nitrogen and oxygen atoms in total. The number of ether oxygens (including phenoxy) is 1. The molecule has 0 saturated carbocycles. The number of benzene rings is 1. The largest absolute Gasteiger partial charge is 0.458 e. The number of carbonyl (C=O) groups excluding carboxylic acids is 1. The summed E-state index contributed by atoms with van der Waals surface area (Å²) < 4.78 is 21.4. The molecule has 0 amide bonds. The SMILES string of the molecule is Cc1c(F)cc2nc3c(c4c2c1CCC4N1CC(O)C1)Cn1c-3cc2c(c1=O)COC(=O)C2O. The number of carbonyl (C=O) groups is 1. The van der Waals surface area contributed by atoms with Gasteiger partial charge in [-0.3, -0.25) is 9.69 Å². The minimum absolute atomic E-state index is 0.0372. The van der Waals surface area contributed by atoms with Crippen molar-refractivity contribution in [1.82, 2.24) is 14.5 Å². The van der Waals surface area contributed by atoms with E-state index in [9.17, 15) is 24.2 Å². The molecule has 2 unspecified atom stereocenters. The highest BCUT2D eigenvalue weighted by molar-refractivity contribution is 5.93. The van der Waals surface area contributed by atoms with Crippen LogP contribution in [-0.4, -0.2) is 49.8 Å². The van der Waals surface area contributed by atoms with Crippen LogP contribution in [0, 0.1) is 12.7 Å². The van der Waals surface area contributed by atoms with Crippen LogP contribution in [0.15, 0.2) is 16.9 Å². The van der Waals surface area contributed by atoms with E-state index in [-0.39, 0.29) is 41.3 Å². The number of aryl methyl sites for hydroxylation is 1. The lowest BCUT2D eigenvalue weighted by atomic mass is 9.80. The zero-order valence-electron chi connectivity index (χ0n) is 18.5. The second kappa shape index (κ2) is 6.71. The highest BCUT2D eigenvalue weighted by atomic mass is 19.1. The van der Waals surface area contributed by atoms with Gasteiger partial charge in [0.2, 0.25) is 0 Å². The Labute approximate surface area is 193 Å². The van der Waals surface area contributed by atoms with E-state index in [0.717, 1.165) is 34.9 Å². The van der Waals surface area contributed by atoms with Crippen LogP contribution in [0.2, 0.25) is 0 Å². The van der Waals surface area contributed by atoms with Crippen LogP contribution in [-0.2, 0) is 29.1 Å². The molecule has 2 N–H and O–H groups in total. The number of hydrogen-bond donors (Lipinski definition) is 2. The number of fused-ring (bicyclic) bond motifs is 5. The second-order valence-corrected chi connectivity index (χ2v) is 9.74. The summed E-state index contributed by atoms with van der Waals surface area (Å²) in [4.78, 5) is 32.3. The number of aromatic nitrogens is 2. The lowest BCUT2D eigenvalue weighted by Gasteiger charge is -2.44. The molecule has 7 rings (SSSR count). The number of nitrogens with zero attached hydrogens (tertiary/aromatic N) is 3. The van der Waals surface area contributed by atoms with Crippen molar-refractivity contribution in [3.8, 4) is 11.4 Å². The molecule has 2 atom stereocenters. The minimum Gasteiger partial charge on any atom is -0.458 e. The fraction of sp³-hybridized carbons (Fsp3) is 0.400. The monoisotopic (exact) mass is 463 g/mol. The van der Waals surface area contributed by atoms with Gasteiger partial charge in [0, 0.05) is 41.7 Å². The van der Waals surface area contributed by atoms with Crippen molar-refractivity contribution >= 4 is 16.9 Å². The van der Waals surface area contributed by atoms with Crippen molar-refractivity contribution in [3.05, 3.63) is 61.7 Å². The Kier molecular flexibility index (Phi) is 4.00. The minimum atomic E-state index is -1.52. The Morgan fingerprint density at radius 1 is 1.15 bits per heavy atom. The first-order chi connectivity index (χ1) is 16.3. The average Bonchev–Trinajstić information content (AvgIpc) is 3.17. The van der Waals surface area contributed by atoms with Crippen molar-refractivity contribution in [3.63, 3.8) is 0 Å². The van der Waals surface area contributed by atoms with Gasteiger partial charge in [0.25, 0.3) is 5.56 Å². The summed E-state index contributed by atoms with van der Waals surface area (Å²) in [6, 6.07) is 3.14. The first kappa shape index (κ1) is 20.3. The topological polar surface area (TPSA) is 105 Å². The summed E-state index contributed by atoms with van der Waals surface area (Å²) in [7, 11) is 0. The van der Waals surface area contributed by atoms with Crippen LogP contribution in [0.3, 0.4) is 0 Å². The van der Waals surface area contributed by atoms with Crippen molar-refractivity contribution in [2.24, 2.45) is 0 Å². The molecule has 1 aliphatic carbocycles. The molecule has 34 heavy (non-hydrogen) atoms. The number of rotatable bonds is 1. The zero-order chi connectivity index (χ0) is 23.5. The van der Waals surface area contributed by atoms with E-state index in [1.165, 1.54) is 6.07 Å². The quantitative estimate of drug-likeness (QED) is 0.414. The molecule has 2 aromatic heterocycles.